The van der Waals surface area contributed by atoms with Crippen molar-refractivity contribution in [2.24, 2.45) is 5.92 Å². The summed E-state index contributed by atoms with van der Waals surface area (Å²) in [4.78, 5) is 13.3. The Labute approximate surface area is 218 Å². The van der Waals surface area contributed by atoms with Crippen molar-refractivity contribution < 1.29 is 31.1 Å². The van der Waals surface area contributed by atoms with Crippen LogP contribution in [0, 0.1) is 12.8 Å². The van der Waals surface area contributed by atoms with Gasteiger partial charge in [-0.25, -0.2) is 16.8 Å². The summed E-state index contributed by atoms with van der Waals surface area (Å²) in [6.07, 6.45) is 1.18. The number of hydrogen-bond donors (Lipinski definition) is 1. The number of carbonyl (C=O) groups excluding carboxylic acids is 1. The minimum atomic E-state index is -3.74. The van der Waals surface area contributed by atoms with E-state index < -0.39 is 26.0 Å². The fourth-order valence-corrected chi connectivity index (χ4v) is 7.60. The Bertz CT molecular complexity index is 1320. The maximum atomic E-state index is 13.2. The van der Waals surface area contributed by atoms with Crippen LogP contribution in [0.3, 0.4) is 0 Å². The number of nitrogens with zero attached hydrogens (tertiary/aromatic N) is 2. The maximum absolute atomic E-state index is 13.2. The normalized spacial score (nSPS) is 19.9. The topological polar surface area (TPSA) is 122 Å². The van der Waals surface area contributed by atoms with Crippen molar-refractivity contribution in [3.8, 4) is 5.75 Å². The second kappa shape index (κ2) is 11.5. The Kier molecular flexibility index (Phi) is 8.54. The van der Waals surface area contributed by atoms with Gasteiger partial charge in [0.15, 0.2) is 0 Å². The van der Waals surface area contributed by atoms with Crippen LogP contribution in [0.4, 0.5) is 0 Å². The number of amides is 1. The van der Waals surface area contributed by atoms with Crippen molar-refractivity contribution >= 4 is 26.0 Å². The molecule has 10 nitrogen and oxygen atoms in total. The molecule has 2 heterocycles. The van der Waals surface area contributed by atoms with Crippen LogP contribution in [-0.2, 0) is 36.1 Å². The molecule has 1 atom stereocenters. The van der Waals surface area contributed by atoms with Crippen molar-refractivity contribution in [3.63, 3.8) is 0 Å². The summed E-state index contributed by atoms with van der Waals surface area (Å²) in [7, 11) is -5.79. The van der Waals surface area contributed by atoms with E-state index in [0.29, 0.717) is 51.4 Å². The van der Waals surface area contributed by atoms with E-state index in [0.717, 1.165) is 11.1 Å². The maximum Gasteiger partial charge on any atom is 0.243 e. The molecule has 37 heavy (non-hydrogen) atoms. The summed E-state index contributed by atoms with van der Waals surface area (Å²) in [5.41, 5.74) is 1.47. The Morgan fingerprint density at radius 3 is 2.27 bits per heavy atom. The minimum absolute atomic E-state index is 0.107. The summed E-state index contributed by atoms with van der Waals surface area (Å²) in [6.45, 7) is 3.88. The number of aryl methyl sites for hydroxylation is 1. The van der Waals surface area contributed by atoms with Crippen LogP contribution in [0.15, 0.2) is 52.3 Å². The van der Waals surface area contributed by atoms with E-state index in [1.54, 1.807) is 31.2 Å². The summed E-state index contributed by atoms with van der Waals surface area (Å²) in [5.74, 6) is -0.0822. The highest BCUT2D eigenvalue weighted by molar-refractivity contribution is 7.89. The third-order valence-electron chi connectivity index (χ3n) is 6.76. The van der Waals surface area contributed by atoms with E-state index >= 15 is 0 Å². The zero-order chi connectivity index (χ0) is 26.6. The number of nitrogens with one attached hydrogen (secondary N) is 1. The van der Waals surface area contributed by atoms with Gasteiger partial charge in [0.1, 0.15) is 5.75 Å². The predicted octanol–water partition coefficient (Wildman–Crippen LogP) is 1.74. The molecule has 0 spiro atoms. The van der Waals surface area contributed by atoms with Gasteiger partial charge in [-0.15, -0.1) is 0 Å². The molecule has 2 fully saturated rings. The highest BCUT2D eigenvalue weighted by atomic mass is 32.2. The second-order valence-corrected chi connectivity index (χ2v) is 13.1. The molecule has 2 saturated heterocycles. The molecule has 0 saturated carbocycles. The first-order valence-electron chi connectivity index (χ1n) is 12.2. The smallest absolute Gasteiger partial charge is 0.243 e. The van der Waals surface area contributed by atoms with Crippen LogP contribution in [0.2, 0.25) is 0 Å². The molecule has 0 aliphatic carbocycles. The molecule has 202 valence electrons. The molecule has 0 aromatic heterocycles. The second-order valence-electron chi connectivity index (χ2n) is 9.21. The third-order valence-corrected chi connectivity index (χ3v) is 10.5. The van der Waals surface area contributed by atoms with E-state index in [2.05, 4.69) is 5.32 Å². The fourth-order valence-electron chi connectivity index (χ4n) is 4.58. The van der Waals surface area contributed by atoms with Gasteiger partial charge in [-0.3, -0.25) is 4.79 Å². The van der Waals surface area contributed by atoms with E-state index in [9.17, 15) is 21.6 Å². The summed E-state index contributed by atoms with van der Waals surface area (Å²) < 4.78 is 65.2. The number of morpholine rings is 1. The summed E-state index contributed by atoms with van der Waals surface area (Å²) >= 11 is 0. The lowest BCUT2D eigenvalue weighted by Gasteiger charge is -2.31. The SMILES string of the molecule is COc1ccc(S(=O)(=O)N2CCC[C@H](C(=O)NCc3ccc(S(=O)(=O)N4CCOCC4)cc3)C2)cc1C. The van der Waals surface area contributed by atoms with Gasteiger partial charge in [-0.2, -0.15) is 8.61 Å². The third kappa shape index (κ3) is 6.15. The van der Waals surface area contributed by atoms with Gasteiger partial charge in [-0.1, -0.05) is 12.1 Å². The molecule has 0 bridgehead atoms. The molecule has 12 heteroatoms. The number of hydrogen-bond acceptors (Lipinski definition) is 7. The first-order valence-corrected chi connectivity index (χ1v) is 15.1. The van der Waals surface area contributed by atoms with E-state index in [-0.39, 0.29) is 28.8 Å². The monoisotopic (exact) mass is 551 g/mol. The lowest BCUT2D eigenvalue weighted by atomic mass is 9.99. The minimum Gasteiger partial charge on any atom is -0.496 e. The molecule has 0 unspecified atom stereocenters. The molecule has 2 aromatic carbocycles. The fraction of sp³-hybridized carbons (Fsp3) is 0.480. The first kappa shape index (κ1) is 27.5. The van der Waals surface area contributed by atoms with Gasteiger partial charge in [0, 0.05) is 32.7 Å². The van der Waals surface area contributed by atoms with E-state index in [1.807, 2.05) is 0 Å². The summed E-state index contributed by atoms with van der Waals surface area (Å²) in [6, 6.07) is 11.2. The Hall–Kier alpha value is -2.51. The van der Waals surface area contributed by atoms with E-state index in [1.165, 1.54) is 33.9 Å². The number of piperidine rings is 1. The molecule has 2 aliphatic rings. The molecule has 2 aliphatic heterocycles. The highest BCUT2D eigenvalue weighted by Gasteiger charge is 2.33. The van der Waals surface area contributed by atoms with Gasteiger partial charge in [0.05, 0.1) is 36.0 Å². The standard InChI is InChI=1S/C25H33N3O7S2/c1-19-16-23(9-10-24(19)34-2)37(32,33)28-11-3-4-21(18-28)25(29)26-17-20-5-7-22(8-6-20)36(30,31)27-12-14-35-15-13-27/h5-10,16,21H,3-4,11-15,17-18H2,1-2H3,(H,26,29)/t21-/m0/s1. The van der Waals surface area contributed by atoms with Crippen molar-refractivity contribution in [3.05, 3.63) is 53.6 Å². The number of benzene rings is 2. The number of rotatable bonds is 8. The van der Waals surface area contributed by atoms with Crippen LogP contribution < -0.4 is 10.1 Å². The van der Waals surface area contributed by atoms with Crippen LogP contribution in [-0.4, -0.2) is 77.9 Å². The molecular formula is C25H33N3O7S2. The lowest BCUT2D eigenvalue weighted by Crippen LogP contribution is -2.45. The zero-order valence-electron chi connectivity index (χ0n) is 21.1. The number of ether oxygens (including phenoxy) is 2. The van der Waals surface area contributed by atoms with Gasteiger partial charge >= 0.3 is 0 Å². The lowest BCUT2D eigenvalue weighted by molar-refractivity contribution is -0.126. The average molecular weight is 552 g/mol. The van der Waals surface area contributed by atoms with Gasteiger partial charge in [0.2, 0.25) is 26.0 Å². The van der Waals surface area contributed by atoms with Crippen LogP contribution in [0.25, 0.3) is 0 Å². The number of carbonyl (C=O) groups is 1. The van der Waals surface area contributed by atoms with Crippen LogP contribution in [0.1, 0.15) is 24.0 Å². The van der Waals surface area contributed by atoms with E-state index in [4.69, 9.17) is 9.47 Å². The van der Waals surface area contributed by atoms with Crippen LogP contribution in [0.5, 0.6) is 5.75 Å². The Morgan fingerprint density at radius 1 is 0.973 bits per heavy atom. The largest absolute Gasteiger partial charge is 0.496 e. The molecule has 1 amide bonds. The molecule has 0 radical (unpaired) electrons. The van der Waals surface area contributed by atoms with Crippen molar-refractivity contribution in [2.45, 2.75) is 36.1 Å². The number of methoxy groups -OCH3 is 1. The van der Waals surface area contributed by atoms with Crippen molar-refractivity contribution in [2.75, 3.05) is 46.5 Å². The molecule has 4 rings (SSSR count). The van der Waals surface area contributed by atoms with Crippen molar-refractivity contribution in [1.82, 2.24) is 13.9 Å². The van der Waals surface area contributed by atoms with Gasteiger partial charge < -0.3 is 14.8 Å². The Balaban J connectivity index is 1.36. The van der Waals surface area contributed by atoms with Crippen molar-refractivity contribution in [1.29, 1.82) is 0 Å². The zero-order valence-corrected chi connectivity index (χ0v) is 22.7. The summed E-state index contributed by atoms with van der Waals surface area (Å²) in [5, 5.41) is 2.87. The molecular weight excluding hydrogens is 518 g/mol. The highest BCUT2D eigenvalue weighted by Crippen LogP contribution is 2.27. The molecule has 2 aromatic rings. The van der Waals surface area contributed by atoms with Gasteiger partial charge in [0.25, 0.3) is 0 Å². The number of sulfonamides is 2. The Morgan fingerprint density at radius 2 is 1.62 bits per heavy atom. The molecule has 1 N–H and O–H groups in total. The average Bonchev–Trinajstić information content (AvgIpc) is 2.92. The van der Waals surface area contributed by atoms with Gasteiger partial charge in [-0.05, 0) is 61.2 Å². The van der Waals surface area contributed by atoms with Crippen LogP contribution >= 0.6 is 0 Å². The predicted molar refractivity (Wildman–Crippen MR) is 137 cm³/mol. The quantitative estimate of drug-likeness (QED) is 0.530. The first-order chi connectivity index (χ1) is 17.6.